The zero-order valence-corrected chi connectivity index (χ0v) is 12.7. The number of benzene rings is 1. The van der Waals surface area contributed by atoms with Gasteiger partial charge in [0, 0.05) is 20.9 Å². The highest BCUT2D eigenvalue weighted by atomic mass is 79.9. The predicted octanol–water partition coefficient (Wildman–Crippen LogP) is 4.45. The molecule has 0 amide bonds. The van der Waals surface area contributed by atoms with Crippen LogP contribution in [-0.4, -0.2) is 18.0 Å². The van der Waals surface area contributed by atoms with Gasteiger partial charge in [-0.2, -0.15) is 0 Å². The number of ether oxygens (including phenoxy) is 1. The molecule has 1 saturated heterocycles. The zero-order valence-electron chi connectivity index (χ0n) is 8.76. The molecule has 88 valence electrons. The molecule has 1 aliphatic heterocycles. The van der Waals surface area contributed by atoms with Crippen molar-refractivity contribution in [2.45, 2.75) is 17.7 Å². The Morgan fingerprint density at radius 3 is 2.94 bits per heavy atom. The minimum atomic E-state index is 0.521. The number of halogens is 3. The second kappa shape index (κ2) is 5.85. The summed E-state index contributed by atoms with van der Waals surface area (Å²) in [5.74, 6) is 0.521. The largest absolute Gasteiger partial charge is 0.381 e. The van der Waals surface area contributed by atoms with Crippen LogP contribution in [-0.2, 0) is 11.2 Å². The van der Waals surface area contributed by atoms with E-state index in [2.05, 4.69) is 37.9 Å². The molecule has 0 bridgehead atoms. The maximum atomic E-state index is 6.21. The van der Waals surface area contributed by atoms with Gasteiger partial charge in [0.1, 0.15) is 0 Å². The van der Waals surface area contributed by atoms with Gasteiger partial charge in [-0.25, -0.2) is 0 Å². The quantitative estimate of drug-likeness (QED) is 0.701. The number of hydrogen-bond acceptors (Lipinski definition) is 1. The summed E-state index contributed by atoms with van der Waals surface area (Å²) in [7, 11) is 0. The third-order valence-electron chi connectivity index (χ3n) is 2.88. The molecular weight excluding hydrogens is 355 g/mol. The fourth-order valence-electron chi connectivity index (χ4n) is 1.93. The molecule has 2 atom stereocenters. The molecule has 1 aromatic rings. The molecule has 1 aliphatic rings. The summed E-state index contributed by atoms with van der Waals surface area (Å²) in [6.07, 6.45) is 2.06. The molecule has 1 fully saturated rings. The summed E-state index contributed by atoms with van der Waals surface area (Å²) in [5, 5.41) is 0.833. The molecule has 1 aromatic carbocycles. The Labute approximate surface area is 118 Å². The van der Waals surface area contributed by atoms with Crippen molar-refractivity contribution in [2.24, 2.45) is 5.92 Å². The van der Waals surface area contributed by atoms with E-state index in [0.717, 1.165) is 35.6 Å². The molecule has 16 heavy (non-hydrogen) atoms. The molecule has 2 rings (SSSR count). The van der Waals surface area contributed by atoms with E-state index < -0.39 is 0 Å². The van der Waals surface area contributed by atoms with Crippen molar-refractivity contribution in [3.05, 3.63) is 33.3 Å². The first kappa shape index (κ1) is 12.9. The molecule has 4 heteroatoms. The monoisotopic (exact) mass is 366 g/mol. The number of alkyl halides is 1. The Bertz CT molecular complexity index is 370. The van der Waals surface area contributed by atoms with Crippen molar-refractivity contribution in [1.29, 1.82) is 0 Å². The molecule has 0 saturated carbocycles. The van der Waals surface area contributed by atoms with Crippen LogP contribution in [0.2, 0.25) is 5.02 Å². The van der Waals surface area contributed by atoms with Gasteiger partial charge in [0.15, 0.2) is 0 Å². The van der Waals surface area contributed by atoms with Crippen LogP contribution in [0.25, 0.3) is 0 Å². The van der Waals surface area contributed by atoms with Gasteiger partial charge in [-0.3, -0.25) is 0 Å². The summed E-state index contributed by atoms with van der Waals surface area (Å²) >= 11 is 13.3. The average Bonchev–Trinajstić information content (AvgIpc) is 2.25. The van der Waals surface area contributed by atoms with Crippen molar-refractivity contribution in [2.75, 3.05) is 13.2 Å². The summed E-state index contributed by atoms with van der Waals surface area (Å²) < 4.78 is 6.53. The van der Waals surface area contributed by atoms with Gasteiger partial charge in [-0.1, -0.05) is 49.5 Å². The SMILES string of the molecule is Clc1cc(Br)ccc1CC1COCCC1Br. The Kier molecular flexibility index (Phi) is 4.71. The van der Waals surface area contributed by atoms with Gasteiger partial charge >= 0.3 is 0 Å². The van der Waals surface area contributed by atoms with Gasteiger partial charge in [0.05, 0.1) is 6.61 Å². The fraction of sp³-hybridized carbons (Fsp3) is 0.500. The highest BCUT2D eigenvalue weighted by Crippen LogP contribution is 2.29. The van der Waals surface area contributed by atoms with Crippen LogP contribution < -0.4 is 0 Å². The third-order valence-corrected chi connectivity index (χ3v) is 4.93. The molecule has 0 aliphatic carbocycles. The lowest BCUT2D eigenvalue weighted by atomic mass is 9.94. The maximum absolute atomic E-state index is 6.21. The van der Waals surface area contributed by atoms with E-state index in [4.69, 9.17) is 16.3 Å². The molecular formula is C12H13Br2ClO. The first-order valence-electron chi connectivity index (χ1n) is 5.32. The lowest BCUT2D eigenvalue weighted by Crippen LogP contribution is -2.29. The smallest absolute Gasteiger partial charge is 0.0508 e. The Morgan fingerprint density at radius 2 is 2.25 bits per heavy atom. The molecule has 0 spiro atoms. The molecule has 2 unspecified atom stereocenters. The van der Waals surface area contributed by atoms with Crippen molar-refractivity contribution >= 4 is 43.5 Å². The van der Waals surface area contributed by atoms with E-state index in [9.17, 15) is 0 Å². The van der Waals surface area contributed by atoms with Crippen LogP contribution in [0.15, 0.2) is 22.7 Å². The Balaban J connectivity index is 2.07. The Morgan fingerprint density at radius 1 is 1.44 bits per heavy atom. The van der Waals surface area contributed by atoms with Crippen LogP contribution >= 0.6 is 43.5 Å². The van der Waals surface area contributed by atoms with E-state index in [0.29, 0.717) is 10.7 Å². The summed E-state index contributed by atoms with van der Waals surface area (Å²) in [6.45, 7) is 1.68. The second-order valence-corrected chi connectivity index (χ2v) is 6.58. The summed E-state index contributed by atoms with van der Waals surface area (Å²) in [4.78, 5) is 0.543. The van der Waals surface area contributed by atoms with Crippen molar-refractivity contribution in [1.82, 2.24) is 0 Å². The first-order chi connectivity index (χ1) is 7.66. The van der Waals surface area contributed by atoms with Crippen molar-refractivity contribution in [3.63, 3.8) is 0 Å². The summed E-state index contributed by atoms with van der Waals surface area (Å²) in [6, 6.07) is 6.07. The van der Waals surface area contributed by atoms with Crippen LogP contribution in [0.3, 0.4) is 0 Å². The van der Waals surface area contributed by atoms with Gasteiger partial charge < -0.3 is 4.74 Å². The molecule has 0 aromatic heterocycles. The van der Waals surface area contributed by atoms with E-state index in [1.165, 1.54) is 5.56 Å². The van der Waals surface area contributed by atoms with E-state index in [-0.39, 0.29) is 0 Å². The van der Waals surface area contributed by atoms with Crippen molar-refractivity contribution in [3.8, 4) is 0 Å². The van der Waals surface area contributed by atoms with Crippen LogP contribution in [0, 0.1) is 5.92 Å². The standard InChI is InChI=1S/C12H13Br2ClO/c13-10-2-1-8(12(15)6-10)5-9-7-16-4-3-11(9)14/h1-2,6,9,11H,3-5,7H2. The lowest BCUT2D eigenvalue weighted by molar-refractivity contribution is 0.0605. The minimum Gasteiger partial charge on any atom is -0.381 e. The van der Waals surface area contributed by atoms with Gasteiger partial charge in [0.25, 0.3) is 0 Å². The molecule has 1 heterocycles. The van der Waals surface area contributed by atoms with Gasteiger partial charge in [-0.15, -0.1) is 0 Å². The lowest BCUT2D eigenvalue weighted by Gasteiger charge is -2.27. The normalized spacial score (nSPS) is 25.7. The predicted molar refractivity (Wildman–Crippen MR) is 74.5 cm³/mol. The zero-order chi connectivity index (χ0) is 11.5. The van der Waals surface area contributed by atoms with E-state index >= 15 is 0 Å². The highest BCUT2D eigenvalue weighted by Gasteiger charge is 2.24. The first-order valence-corrected chi connectivity index (χ1v) is 7.41. The van der Waals surface area contributed by atoms with E-state index in [1.807, 2.05) is 12.1 Å². The van der Waals surface area contributed by atoms with Crippen molar-refractivity contribution < 1.29 is 4.74 Å². The van der Waals surface area contributed by atoms with E-state index in [1.54, 1.807) is 0 Å². The highest BCUT2D eigenvalue weighted by molar-refractivity contribution is 9.10. The molecule has 0 radical (unpaired) electrons. The fourth-order valence-corrected chi connectivity index (χ4v) is 3.20. The van der Waals surface area contributed by atoms with Crippen LogP contribution in [0.1, 0.15) is 12.0 Å². The third kappa shape index (κ3) is 3.22. The second-order valence-electron chi connectivity index (χ2n) is 4.08. The maximum Gasteiger partial charge on any atom is 0.0508 e. The molecule has 0 N–H and O–H groups in total. The van der Waals surface area contributed by atoms with Crippen LogP contribution in [0.4, 0.5) is 0 Å². The number of rotatable bonds is 2. The molecule has 1 nitrogen and oxygen atoms in total. The number of hydrogen-bond donors (Lipinski definition) is 0. The van der Waals surface area contributed by atoms with Gasteiger partial charge in [-0.05, 0) is 36.5 Å². The van der Waals surface area contributed by atoms with Gasteiger partial charge in [0.2, 0.25) is 0 Å². The average molecular weight is 368 g/mol. The Hall–Kier alpha value is 0.430. The van der Waals surface area contributed by atoms with Crippen LogP contribution in [0.5, 0.6) is 0 Å². The minimum absolute atomic E-state index is 0.521. The topological polar surface area (TPSA) is 9.23 Å². The summed E-state index contributed by atoms with van der Waals surface area (Å²) in [5.41, 5.74) is 1.20.